The van der Waals surface area contributed by atoms with E-state index in [2.05, 4.69) is 20.6 Å². The van der Waals surface area contributed by atoms with Crippen LogP contribution in [0.3, 0.4) is 0 Å². The number of rotatable bonds is 8. The Labute approximate surface area is 192 Å². The molecule has 1 aromatic heterocycles. The van der Waals surface area contributed by atoms with Gasteiger partial charge in [-0.1, -0.05) is 56.3 Å². The molecule has 0 bridgehead atoms. The van der Waals surface area contributed by atoms with Gasteiger partial charge in [0.1, 0.15) is 12.4 Å². The molecule has 1 atom stereocenters. The first-order chi connectivity index (χ1) is 15.4. The predicted octanol–water partition coefficient (Wildman–Crippen LogP) is 4.78. The number of amides is 2. The number of hydrogen-bond donors (Lipinski definition) is 2. The van der Waals surface area contributed by atoms with Gasteiger partial charge in [0, 0.05) is 22.7 Å². The zero-order valence-electron chi connectivity index (χ0n) is 18.2. The van der Waals surface area contributed by atoms with Crippen molar-refractivity contribution in [3.8, 4) is 11.3 Å². The number of carbonyl (C=O) groups is 2. The number of aryl methyl sites for hydroxylation is 1. The SMILES string of the molecule is Cc1nccc(-c2cccc(NC(=O)C(NC(=O)OCc3ccccc3)SC(C)C)c2)n1. The van der Waals surface area contributed by atoms with E-state index in [9.17, 15) is 9.59 Å². The average molecular weight is 451 g/mol. The van der Waals surface area contributed by atoms with E-state index in [-0.39, 0.29) is 17.8 Å². The molecule has 0 spiro atoms. The number of nitrogens with zero attached hydrogens (tertiary/aromatic N) is 2. The summed E-state index contributed by atoms with van der Waals surface area (Å²) in [5.74, 6) is 0.333. The molecule has 166 valence electrons. The molecule has 8 heteroatoms. The molecule has 3 aromatic rings. The summed E-state index contributed by atoms with van der Waals surface area (Å²) in [4.78, 5) is 33.8. The second kappa shape index (κ2) is 11.3. The van der Waals surface area contributed by atoms with E-state index in [1.54, 1.807) is 12.3 Å². The van der Waals surface area contributed by atoms with Crippen LogP contribution in [-0.2, 0) is 16.1 Å². The number of nitrogens with one attached hydrogen (secondary N) is 2. The number of anilines is 1. The van der Waals surface area contributed by atoms with Crippen LogP contribution in [0.1, 0.15) is 25.2 Å². The average Bonchev–Trinajstić information content (AvgIpc) is 2.78. The summed E-state index contributed by atoms with van der Waals surface area (Å²) >= 11 is 1.33. The Hall–Kier alpha value is -3.39. The summed E-state index contributed by atoms with van der Waals surface area (Å²) < 4.78 is 5.27. The first-order valence-corrected chi connectivity index (χ1v) is 11.2. The standard InChI is InChI=1S/C24H26N4O3S/c1-16(2)32-23(28-24(30)31-15-18-8-5-4-6-9-18)22(29)27-20-11-7-10-19(14-20)21-12-13-25-17(3)26-21/h4-14,16,23H,15H2,1-3H3,(H,27,29)(H,28,30). The fourth-order valence-corrected chi connectivity index (χ4v) is 3.78. The Balaban J connectivity index is 1.65. The van der Waals surface area contributed by atoms with Gasteiger partial charge in [0.2, 0.25) is 0 Å². The van der Waals surface area contributed by atoms with E-state index in [4.69, 9.17) is 4.74 Å². The molecular formula is C24H26N4O3S. The lowest BCUT2D eigenvalue weighted by Crippen LogP contribution is -2.42. The second-order valence-corrected chi connectivity index (χ2v) is 9.02. The number of ether oxygens (including phenoxy) is 1. The third-order valence-electron chi connectivity index (χ3n) is 4.31. The molecule has 0 aliphatic carbocycles. The summed E-state index contributed by atoms with van der Waals surface area (Å²) in [7, 11) is 0. The Morgan fingerprint density at radius 1 is 1.06 bits per heavy atom. The number of thioether (sulfide) groups is 1. The maximum atomic E-state index is 12.9. The van der Waals surface area contributed by atoms with Gasteiger partial charge >= 0.3 is 6.09 Å². The van der Waals surface area contributed by atoms with E-state index in [1.807, 2.05) is 75.4 Å². The van der Waals surface area contributed by atoms with Crippen LogP contribution in [0.4, 0.5) is 10.5 Å². The molecule has 7 nitrogen and oxygen atoms in total. The Bertz CT molecular complexity index is 1060. The third kappa shape index (κ3) is 7.09. The lowest BCUT2D eigenvalue weighted by Gasteiger charge is -2.20. The minimum absolute atomic E-state index is 0.121. The largest absolute Gasteiger partial charge is 0.445 e. The Morgan fingerprint density at radius 3 is 2.56 bits per heavy atom. The molecule has 0 aliphatic rings. The molecule has 0 aliphatic heterocycles. The van der Waals surface area contributed by atoms with Crippen molar-refractivity contribution < 1.29 is 14.3 Å². The summed E-state index contributed by atoms with van der Waals surface area (Å²) in [6.07, 6.45) is 1.05. The van der Waals surface area contributed by atoms with Crippen LogP contribution in [0.5, 0.6) is 0 Å². The first kappa shape index (κ1) is 23.3. The van der Waals surface area contributed by atoms with Gasteiger partial charge in [0.15, 0.2) is 5.37 Å². The van der Waals surface area contributed by atoms with Crippen LogP contribution in [0.15, 0.2) is 66.9 Å². The van der Waals surface area contributed by atoms with Gasteiger partial charge in [-0.2, -0.15) is 0 Å². The molecule has 0 radical (unpaired) electrons. The highest BCUT2D eigenvalue weighted by Gasteiger charge is 2.23. The van der Waals surface area contributed by atoms with Gasteiger partial charge in [0.05, 0.1) is 5.69 Å². The number of aromatic nitrogens is 2. The van der Waals surface area contributed by atoms with Gasteiger partial charge in [-0.25, -0.2) is 14.8 Å². The lowest BCUT2D eigenvalue weighted by atomic mass is 10.1. The molecule has 1 unspecified atom stereocenters. The van der Waals surface area contributed by atoms with Crippen LogP contribution in [0, 0.1) is 6.92 Å². The fraction of sp³-hybridized carbons (Fsp3) is 0.250. The van der Waals surface area contributed by atoms with Gasteiger partial charge < -0.3 is 15.4 Å². The molecule has 2 aromatic carbocycles. The molecule has 3 rings (SSSR count). The number of carbonyl (C=O) groups excluding carboxylic acids is 2. The van der Waals surface area contributed by atoms with Gasteiger partial charge in [-0.3, -0.25) is 4.79 Å². The van der Waals surface area contributed by atoms with Gasteiger partial charge in [-0.05, 0) is 30.7 Å². The van der Waals surface area contributed by atoms with Crippen molar-refractivity contribution in [1.82, 2.24) is 15.3 Å². The maximum absolute atomic E-state index is 12.9. The topological polar surface area (TPSA) is 93.2 Å². The van der Waals surface area contributed by atoms with Crippen LogP contribution < -0.4 is 10.6 Å². The summed E-state index contributed by atoms with van der Waals surface area (Å²) in [6, 6.07) is 18.6. The van der Waals surface area contributed by atoms with Crippen LogP contribution in [0.2, 0.25) is 0 Å². The maximum Gasteiger partial charge on any atom is 0.408 e. The molecule has 0 saturated heterocycles. The summed E-state index contributed by atoms with van der Waals surface area (Å²) in [5, 5.41) is 4.86. The fourth-order valence-electron chi connectivity index (χ4n) is 2.89. The van der Waals surface area contributed by atoms with E-state index < -0.39 is 11.5 Å². The normalized spacial score (nSPS) is 11.6. The molecule has 0 saturated carbocycles. The molecular weight excluding hydrogens is 424 g/mol. The Kier molecular flexibility index (Phi) is 8.21. The quantitative estimate of drug-likeness (QED) is 0.480. The van der Waals surface area contributed by atoms with Crippen molar-refractivity contribution in [1.29, 1.82) is 0 Å². The predicted molar refractivity (Wildman–Crippen MR) is 127 cm³/mol. The third-order valence-corrected chi connectivity index (χ3v) is 5.46. The van der Waals surface area contributed by atoms with Crippen molar-refractivity contribution >= 4 is 29.4 Å². The van der Waals surface area contributed by atoms with Crippen LogP contribution in [-0.4, -0.2) is 32.6 Å². The van der Waals surface area contributed by atoms with Gasteiger partial charge in [0.25, 0.3) is 5.91 Å². The van der Waals surface area contributed by atoms with E-state index in [0.29, 0.717) is 11.5 Å². The smallest absolute Gasteiger partial charge is 0.408 e. The molecule has 32 heavy (non-hydrogen) atoms. The minimum atomic E-state index is -0.803. The van der Waals surface area contributed by atoms with Crippen molar-refractivity contribution in [3.05, 3.63) is 78.2 Å². The minimum Gasteiger partial charge on any atom is -0.445 e. The highest BCUT2D eigenvalue weighted by atomic mass is 32.2. The highest BCUT2D eigenvalue weighted by molar-refractivity contribution is 8.01. The van der Waals surface area contributed by atoms with Crippen molar-refractivity contribution in [2.24, 2.45) is 0 Å². The van der Waals surface area contributed by atoms with Crippen molar-refractivity contribution in [2.75, 3.05) is 5.32 Å². The van der Waals surface area contributed by atoms with Crippen molar-refractivity contribution in [2.45, 2.75) is 38.0 Å². The number of benzene rings is 2. The molecule has 0 fully saturated rings. The number of hydrogen-bond acceptors (Lipinski definition) is 6. The first-order valence-electron chi connectivity index (χ1n) is 10.2. The van der Waals surface area contributed by atoms with E-state index in [1.165, 1.54) is 11.8 Å². The molecule has 2 amide bonds. The molecule has 2 N–H and O–H groups in total. The van der Waals surface area contributed by atoms with Crippen LogP contribution >= 0.6 is 11.8 Å². The van der Waals surface area contributed by atoms with E-state index >= 15 is 0 Å². The highest BCUT2D eigenvalue weighted by Crippen LogP contribution is 2.22. The van der Waals surface area contributed by atoms with Crippen LogP contribution in [0.25, 0.3) is 11.3 Å². The zero-order valence-corrected chi connectivity index (χ0v) is 19.1. The lowest BCUT2D eigenvalue weighted by molar-refractivity contribution is -0.116. The second-order valence-electron chi connectivity index (χ2n) is 7.33. The van der Waals surface area contributed by atoms with Gasteiger partial charge in [-0.15, -0.1) is 11.8 Å². The zero-order chi connectivity index (χ0) is 22.9. The molecule has 1 heterocycles. The number of alkyl carbamates (subject to hydrolysis) is 1. The van der Waals surface area contributed by atoms with E-state index in [0.717, 1.165) is 16.8 Å². The summed E-state index contributed by atoms with van der Waals surface area (Å²) in [6.45, 7) is 5.87. The monoisotopic (exact) mass is 450 g/mol. The van der Waals surface area contributed by atoms with Crippen molar-refractivity contribution in [3.63, 3.8) is 0 Å². The summed E-state index contributed by atoms with van der Waals surface area (Å²) in [5.41, 5.74) is 3.11. The Morgan fingerprint density at radius 2 is 1.84 bits per heavy atom.